The summed E-state index contributed by atoms with van der Waals surface area (Å²) in [6.07, 6.45) is 5.55. The van der Waals surface area contributed by atoms with Crippen LogP contribution in [0.3, 0.4) is 0 Å². The molecule has 0 aliphatic heterocycles. The third-order valence-corrected chi connectivity index (χ3v) is 3.54. The number of aromatic nitrogens is 1. The Labute approximate surface area is 142 Å². The van der Waals surface area contributed by atoms with Crippen LogP contribution < -0.4 is 9.88 Å². The number of hydrogen-bond donors (Lipinski definition) is 1. The molecule has 5 heteroatoms. The number of pyridine rings is 1. The lowest BCUT2D eigenvalue weighted by Gasteiger charge is -2.06. The predicted octanol–water partition coefficient (Wildman–Crippen LogP) is 2.74. The summed E-state index contributed by atoms with van der Waals surface area (Å²) < 4.78 is 6.89. The maximum absolute atomic E-state index is 12.1. The summed E-state index contributed by atoms with van der Waals surface area (Å²) in [7, 11) is 0. The summed E-state index contributed by atoms with van der Waals surface area (Å²) in [6.45, 7) is 4.68. The van der Waals surface area contributed by atoms with Crippen LogP contribution in [0.25, 0.3) is 0 Å². The molecule has 0 atom stereocenters. The van der Waals surface area contributed by atoms with Crippen LogP contribution in [0.15, 0.2) is 48.8 Å². The number of esters is 1. The van der Waals surface area contributed by atoms with Crippen molar-refractivity contribution in [2.75, 3.05) is 11.9 Å². The van der Waals surface area contributed by atoms with Gasteiger partial charge in [-0.05, 0) is 42.7 Å². The van der Waals surface area contributed by atoms with Gasteiger partial charge in [0.25, 0.3) is 5.91 Å². The Bertz CT molecular complexity index is 679. The zero-order valence-corrected chi connectivity index (χ0v) is 14.1. The fraction of sp³-hybridized carbons (Fsp3) is 0.316. The third-order valence-electron chi connectivity index (χ3n) is 3.54. The third kappa shape index (κ3) is 5.19. The highest BCUT2D eigenvalue weighted by Gasteiger charge is 2.11. The Morgan fingerprint density at radius 1 is 1.04 bits per heavy atom. The van der Waals surface area contributed by atoms with Gasteiger partial charge in [0.15, 0.2) is 12.4 Å². The maximum Gasteiger partial charge on any atom is 0.338 e. The Kier molecular flexibility index (Phi) is 6.49. The standard InChI is InChI=1S/C19H22N2O3/c1-3-13-24-19(23)16-5-7-17(8-6-16)20-18(22)14-21-11-9-15(4-2)10-12-21/h5-12H,3-4,13-14H2,1-2H3/p+1. The van der Waals surface area contributed by atoms with Crippen molar-refractivity contribution in [2.45, 2.75) is 33.2 Å². The molecule has 0 unspecified atom stereocenters. The van der Waals surface area contributed by atoms with Crippen molar-refractivity contribution in [1.29, 1.82) is 0 Å². The summed E-state index contributed by atoms with van der Waals surface area (Å²) in [4.78, 5) is 23.8. The molecule has 0 saturated heterocycles. The van der Waals surface area contributed by atoms with E-state index in [0.717, 1.165) is 12.8 Å². The van der Waals surface area contributed by atoms with E-state index in [9.17, 15) is 9.59 Å². The monoisotopic (exact) mass is 327 g/mol. The van der Waals surface area contributed by atoms with Crippen molar-refractivity contribution in [3.63, 3.8) is 0 Å². The normalized spacial score (nSPS) is 10.2. The van der Waals surface area contributed by atoms with Gasteiger partial charge in [0, 0.05) is 17.8 Å². The topological polar surface area (TPSA) is 59.3 Å². The Balaban J connectivity index is 1.90. The highest BCUT2D eigenvalue weighted by molar-refractivity contribution is 5.92. The van der Waals surface area contributed by atoms with Crippen LogP contribution in [0.2, 0.25) is 0 Å². The summed E-state index contributed by atoms with van der Waals surface area (Å²) in [6, 6.07) is 10.7. The second-order valence-corrected chi connectivity index (χ2v) is 5.49. The number of anilines is 1. The van der Waals surface area contributed by atoms with Crippen molar-refractivity contribution in [2.24, 2.45) is 0 Å². The van der Waals surface area contributed by atoms with Crippen LogP contribution in [0, 0.1) is 0 Å². The lowest BCUT2D eigenvalue weighted by atomic mass is 10.2. The van der Waals surface area contributed by atoms with Crippen molar-refractivity contribution >= 4 is 17.6 Å². The van der Waals surface area contributed by atoms with E-state index in [1.54, 1.807) is 24.3 Å². The average molecular weight is 327 g/mol. The molecule has 0 aliphatic rings. The lowest BCUT2D eigenvalue weighted by molar-refractivity contribution is -0.684. The minimum absolute atomic E-state index is 0.120. The number of carbonyl (C=O) groups is 2. The Morgan fingerprint density at radius 3 is 2.29 bits per heavy atom. The molecule has 0 saturated carbocycles. The zero-order chi connectivity index (χ0) is 17.4. The van der Waals surface area contributed by atoms with E-state index in [1.165, 1.54) is 5.56 Å². The number of ether oxygens (including phenoxy) is 1. The molecular weight excluding hydrogens is 304 g/mol. The van der Waals surface area contributed by atoms with Gasteiger partial charge in [-0.2, -0.15) is 4.57 Å². The summed E-state index contributed by atoms with van der Waals surface area (Å²) in [5.41, 5.74) is 2.36. The molecule has 126 valence electrons. The van der Waals surface area contributed by atoms with Gasteiger partial charge in [0.2, 0.25) is 6.54 Å². The molecule has 0 spiro atoms. The minimum Gasteiger partial charge on any atom is -0.462 e. The van der Waals surface area contributed by atoms with Crippen LogP contribution >= 0.6 is 0 Å². The maximum atomic E-state index is 12.1. The van der Waals surface area contributed by atoms with E-state index in [-0.39, 0.29) is 18.4 Å². The molecule has 1 heterocycles. The molecule has 0 bridgehead atoms. The van der Waals surface area contributed by atoms with Crippen molar-refractivity contribution in [3.8, 4) is 0 Å². The van der Waals surface area contributed by atoms with Crippen molar-refractivity contribution in [1.82, 2.24) is 0 Å². The van der Waals surface area contributed by atoms with Gasteiger partial charge in [-0.25, -0.2) is 4.79 Å². The van der Waals surface area contributed by atoms with Gasteiger partial charge >= 0.3 is 5.97 Å². The fourth-order valence-electron chi connectivity index (χ4n) is 2.16. The van der Waals surface area contributed by atoms with Crippen molar-refractivity contribution < 1.29 is 18.9 Å². The van der Waals surface area contributed by atoms with Crippen molar-refractivity contribution in [3.05, 3.63) is 59.9 Å². The van der Waals surface area contributed by atoms with Gasteiger partial charge in [-0.3, -0.25) is 4.79 Å². The molecule has 1 aromatic heterocycles. The Morgan fingerprint density at radius 2 is 1.71 bits per heavy atom. The zero-order valence-electron chi connectivity index (χ0n) is 14.1. The first-order valence-electron chi connectivity index (χ1n) is 8.17. The van der Waals surface area contributed by atoms with Crippen LogP contribution in [-0.2, 0) is 22.5 Å². The first-order chi connectivity index (χ1) is 11.6. The number of rotatable bonds is 7. The summed E-state index contributed by atoms with van der Waals surface area (Å²) >= 11 is 0. The molecule has 1 amide bonds. The molecule has 1 aromatic carbocycles. The molecule has 2 rings (SSSR count). The second kappa shape index (κ2) is 8.82. The van der Waals surface area contributed by atoms with Gasteiger partial charge < -0.3 is 10.1 Å². The number of benzene rings is 1. The number of nitrogens with one attached hydrogen (secondary N) is 1. The number of hydrogen-bond acceptors (Lipinski definition) is 3. The molecular formula is C19H23N2O3+. The number of carbonyl (C=O) groups excluding carboxylic acids is 2. The molecule has 2 aromatic rings. The number of amides is 1. The molecule has 0 fully saturated rings. The predicted molar refractivity (Wildman–Crippen MR) is 91.7 cm³/mol. The lowest BCUT2D eigenvalue weighted by Crippen LogP contribution is -2.39. The van der Waals surface area contributed by atoms with E-state index >= 15 is 0 Å². The molecule has 1 N–H and O–H groups in total. The van der Waals surface area contributed by atoms with E-state index < -0.39 is 0 Å². The molecule has 0 radical (unpaired) electrons. The number of nitrogens with zero attached hydrogens (tertiary/aromatic N) is 1. The van der Waals surface area contributed by atoms with E-state index in [4.69, 9.17) is 4.74 Å². The van der Waals surface area contributed by atoms with Gasteiger partial charge in [-0.15, -0.1) is 0 Å². The quantitative estimate of drug-likeness (QED) is 0.628. The minimum atomic E-state index is -0.346. The summed E-state index contributed by atoms with van der Waals surface area (Å²) in [5.74, 6) is -0.466. The number of aryl methyl sites for hydroxylation is 1. The fourth-order valence-corrected chi connectivity index (χ4v) is 2.16. The first kappa shape index (κ1) is 17.7. The first-order valence-corrected chi connectivity index (χ1v) is 8.17. The Hall–Kier alpha value is -2.69. The van der Waals surface area contributed by atoms with Crippen LogP contribution in [0.4, 0.5) is 5.69 Å². The second-order valence-electron chi connectivity index (χ2n) is 5.49. The van der Waals surface area contributed by atoms with E-state index in [1.807, 2.05) is 36.0 Å². The average Bonchev–Trinajstić information content (AvgIpc) is 2.61. The van der Waals surface area contributed by atoms with E-state index in [0.29, 0.717) is 17.9 Å². The van der Waals surface area contributed by atoms with Gasteiger partial charge in [-0.1, -0.05) is 13.8 Å². The summed E-state index contributed by atoms with van der Waals surface area (Å²) in [5, 5.41) is 2.82. The van der Waals surface area contributed by atoms with Crippen LogP contribution in [-0.4, -0.2) is 18.5 Å². The highest BCUT2D eigenvalue weighted by atomic mass is 16.5. The van der Waals surface area contributed by atoms with E-state index in [2.05, 4.69) is 12.2 Å². The highest BCUT2D eigenvalue weighted by Crippen LogP contribution is 2.10. The van der Waals surface area contributed by atoms with Gasteiger partial charge in [0.05, 0.1) is 12.2 Å². The van der Waals surface area contributed by atoms with Gasteiger partial charge in [0.1, 0.15) is 0 Å². The SMILES string of the molecule is CCCOC(=O)c1ccc(NC(=O)C[n+]2ccc(CC)cc2)cc1. The molecule has 24 heavy (non-hydrogen) atoms. The van der Waals surface area contributed by atoms with Crippen LogP contribution in [0.5, 0.6) is 0 Å². The smallest absolute Gasteiger partial charge is 0.338 e. The molecule has 5 nitrogen and oxygen atoms in total. The van der Waals surface area contributed by atoms with Crippen LogP contribution in [0.1, 0.15) is 36.2 Å². The molecule has 0 aliphatic carbocycles. The largest absolute Gasteiger partial charge is 0.462 e.